The number of carbonyl (C=O) groups excluding carboxylic acids is 1. The summed E-state index contributed by atoms with van der Waals surface area (Å²) in [4.78, 5) is 14.9. The number of carbonyl (C=O) groups is 1. The van der Waals surface area contributed by atoms with Crippen LogP contribution in [0.4, 0.5) is 0 Å². The zero-order chi connectivity index (χ0) is 16.8. The summed E-state index contributed by atoms with van der Waals surface area (Å²) in [5.74, 6) is 0.0864. The van der Waals surface area contributed by atoms with Gasteiger partial charge < -0.3 is 4.90 Å². The highest BCUT2D eigenvalue weighted by Crippen LogP contribution is 2.18. The molecule has 0 saturated carbocycles. The molecule has 0 aromatic heterocycles. The monoisotopic (exact) mass is 307 g/mol. The molecule has 0 unspecified atom stereocenters. The molecule has 0 saturated heterocycles. The highest BCUT2D eigenvalue weighted by Gasteiger charge is 2.22. The maximum atomic E-state index is 13.0. The van der Waals surface area contributed by atoms with E-state index >= 15 is 0 Å². The minimum Gasteiger partial charge on any atom is -0.334 e. The molecule has 0 fully saturated rings. The summed E-state index contributed by atoms with van der Waals surface area (Å²) in [6.45, 7) is 8.22. The number of benzene rings is 2. The molecule has 2 heteroatoms. The number of hydrogen-bond acceptors (Lipinski definition) is 1. The predicted molar refractivity (Wildman–Crippen MR) is 98.3 cm³/mol. The molecule has 0 atom stereocenters. The van der Waals surface area contributed by atoms with Gasteiger partial charge in [-0.3, -0.25) is 4.79 Å². The molecule has 2 nitrogen and oxygen atoms in total. The van der Waals surface area contributed by atoms with Gasteiger partial charge in [-0.1, -0.05) is 60.7 Å². The Morgan fingerprint density at radius 2 is 1.39 bits per heavy atom. The predicted octanol–water partition coefficient (Wildman–Crippen LogP) is 5.12. The third kappa shape index (κ3) is 4.32. The van der Waals surface area contributed by atoms with Crippen molar-refractivity contribution in [3.8, 4) is 0 Å². The third-order valence-corrected chi connectivity index (χ3v) is 3.79. The quantitative estimate of drug-likeness (QED) is 0.702. The normalized spacial score (nSPS) is 11.4. The van der Waals surface area contributed by atoms with E-state index in [1.165, 1.54) is 0 Å². The van der Waals surface area contributed by atoms with E-state index in [9.17, 15) is 4.79 Å². The van der Waals surface area contributed by atoms with Crippen LogP contribution in [0.15, 0.2) is 54.6 Å². The number of hydrogen-bond donors (Lipinski definition) is 0. The fourth-order valence-corrected chi connectivity index (χ4v) is 2.79. The van der Waals surface area contributed by atoms with Crippen molar-refractivity contribution in [2.75, 3.05) is 0 Å². The van der Waals surface area contributed by atoms with E-state index in [2.05, 4.69) is 39.8 Å². The van der Waals surface area contributed by atoms with Crippen LogP contribution in [0.25, 0.3) is 12.2 Å². The second-order valence-electron chi connectivity index (χ2n) is 6.23. The van der Waals surface area contributed by atoms with Crippen LogP contribution in [0.5, 0.6) is 0 Å². The van der Waals surface area contributed by atoms with E-state index in [-0.39, 0.29) is 18.0 Å². The molecule has 2 aromatic carbocycles. The minimum absolute atomic E-state index is 0.0864. The van der Waals surface area contributed by atoms with Gasteiger partial charge in [0.15, 0.2) is 0 Å². The van der Waals surface area contributed by atoms with Crippen LogP contribution in [0.1, 0.15) is 49.2 Å². The minimum atomic E-state index is 0.0864. The van der Waals surface area contributed by atoms with Gasteiger partial charge in [0.1, 0.15) is 0 Å². The van der Waals surface area contributed by atoms with Gasteiger partial charge >= 0.3 is 0 Å². The fraction of sp³-hybridized carbons (Fsp3) is 0.286. The lowest BCUT2D eigenvalue weighted by Gasteiger charge is -2.31. The van der Waals surface area contributed by atoms with Gasteiger partial charge in [-0.15, -0.1) is 0 Å². The Kier molecular flexibility index (Phi) is 5.75. The first-order valence-electron chi connectivity index (χ1n) is 8.15. The van der Waals surface area contributed by atoms with Crippen molar-refractivity contribution < 1.29 is 4.79 Å². The number of nitrogens with zero attached hydrogens (tertiary/aromatic N) is 1. The van der Waals surface area contributed by atoms with Gasteiger partial charge in [-0.05, 0) is 44.9 Å². The summed E-state index contributed by atoms with van der Waals surface area (Å²) in [6.07, 6.45) is 4.06. The molecule has 2 rings (SSSR count). The zero-order valence-electron chi connectivity index (χ0n) is 14.4. The molecular weight excluding hydrogens is 282 g/mol. The van der Waals surface area contributed by atoms with E-state index < -0.39 is 0 Å². The molecule has 120 valence electrons. The second-order valence-corrected chi connectivity index (χ2v) is 6.23. The first-order chi connectivity index (χ1) is 11.0. The molecule has 0 aliphatic carbocycles. The Bertz CT molecular complexity index is 663. The van der Waals surface area contributed by atoms with Crippen LogP contribution in [-0.2, 0) is 0 Å². The summed E-state index contributed by atoms with van der Waals surface area (Å²) in [5, 5.41) is 0. The Labute approximate surface area is 139 Å². The first kappa shape index (κ1) is 17.0. The Balaban J connectivity index is 2.34. The smallest absolute Gasteiger partial charge is 0.254 e. The largest absolute Gasteiger partial charge is 0.334 e. The lowest BCUT2D eigenvalue weighted by Crippen LogP contribution is -2.42. The van der Waals surface area contributed by atoms with Crippen molar-refractivity contribution in [1.82, 2.24) is 4.90 Å². The molecule has 0 spiro atoms. The van der Waals surface area contributed by atoms with Gasteiger partial charge in [-0.2, -0.15) is 0 Å². The van der Waals surface area contributed by atoms with Gasteiger partial charge in [0.25, 0.3) is 5.91 Å². The molecular formula is C21H25NO. The van der Waals surface area contributed by atoms with Crippen LogP contribution in [-0.4, -0.2) is 22.9 Å². The highest BCUT2D eigenvalue weighted by molar-refractivity contribution is 5.99. The molecule has 0 aliphatic rings. The topological polar surface area (TPSA) is 20.3 Å². The highest BCUT2D eigenvalue weighted by atomic mass is 16.2. The van der Waals surface area contributed by atoms with E-state index in [1.807, 2.05) is 59.5 Å². The maximum absolute atomic E-state index is 13.0. The van der Waals surface area contributed by atoms with Crippen molar-refractivity contribution >= 4 is 18.1 Å². The SMILES string of the molecule is CC(C)N(C(=O)c1ccccc1/C=C\c1ccccc1)C(C)C. The summed E-state index contributed by atoms with van der Waals surface area (Å²) in [7, 11) is 0. The molecule has 0 heterocycles. The van der Waals surface area contributed by atoms with Gasteiger partial charge in [0.2, 0.25) is 0 Å². The molecule has 0 bridgehead atoms. The van der Waals surface area contributed by atoms with Crippen LogP contribution in [0, 0.1) is 0 Å². The maximum Gasteiger partial charge on any atom is 0.254 e. The zero-order valence-corrected chi connectivity index (χ0v) is 14.4. The number of amides is 1. The molecule has 0 N–H and O–H groups in total. The summed E-state index contributed by atoms with van der Waals surface area (Å²) in [6, 6.07) is 18.3. The Morgan fingerprint density at radius 1 is 0.826 bits per heavy atom. The van der Waals surface area contributed by atoms with Crippen LogP contribution in [0.2, 0.25) is 0 Å². The summed E-state index contributed by atoms with van der Waals surface area (Å²) in [5.41, 5.74) is 2.83. The molecule has 2 aromatic rings. The van der Waals surface area contributed by atoms with Gasteiger partial charge in [-0.25, -0.2) is 0 Å². The fourth-order valence-electron chi connectivity index (χ4n) is 2.79. The molecule has 1 amide bonds. The molecule has 0 aliphatic heterocycles. The summed E-state index contributed by atoms with van der Waals surface area (Å²) < 4.78 is 0. The van der Waals surface area contributed by atoms with Crippen LogP contribution < -0.4 is 0 Å². The van der Waals surface area contributed by atoms with Gasteiger partial charge in [0, 0.05) is 17.6 Å². The standard InChI is InChI=1S/C21H25NO/c1-16(2)22(17(3)4)21(23)20-13-9-8-12-19(20)15-14-18-10-6-5-7-11-18/h5-17H,1-4H3/b15-14-. The van der Waals surface area contributed by atoms with Crippen molar-refractivity contribution in [2.24, 2.45) is 0 Å². The summed E-state index contributed by atoms with van der Waals surface area (Å²) >= 11 is 0. The average molecular weight is 307 g/mol. The molecule has 0 radical (unpaired) electrons. The van der Waals surface area contributed by atoms with E-state index in [0.29, 0.717) is 0 Å². The van der Waals surface area contributed by atoms with Crippen molar-refractivity contribution in [3.05, 3.63) is 71.3 Å². The van der Waals surface area contributed by atoms with E-state index in [4.69, 9.17) is 0 Å². The van der Waals surface area contributed by atoms with Crippen LogP contribution in [0.3, 0.4) is 0 Å². The van der Waals surface area contributed by atoms with Crippen LogP contribution >= 0.6 is 0 Å². The van der Waals surface area contributed by atoms with Crippen molar-refractivity contribution in [3.63, 3.8) is 0 Å². The van der Waals surface area contributed by atoms with Gasteiger partial charge in [0.05, 0.1) is 0 Å². The van der Waals surface area contributed by atoms with Crippen molar-refractivity contribution in [1.29, 1.82) is 0 Å². The van der Waals surface area contributed by atoms with E-state index in [0.717, 1.165) is 16.7 Å². The molecule has 23 heavy (non-hydrogen) atoms. The Hall–Kier alpha value is -2.35. The average Bonchev–Trinajstić information content (AvgIpc) is 2.53. The second kappa shape index (κ2) is 7.77. The van der Waals surface area contributed by atoms with Crippen molar-refractivity contribution in [2.45, 2.75) is 39.8 Å². The lowest BCUT2D eigenvalue weighted by atomic mass is 10.0. The Morgan fingerprint density at radius 3 is 2.00 bits per heavy atom. The number of rotatable bonds is 5. The first-order valence-corrected chi connectivity index (χ1v) is 8.15. The lowest BCUT2D eigenvalue weighted by molar-refractivity contribution is 0.0643. The van der Waals surface area contributed by atoms with E-state index in [1.54, 1.807) is 0 Å². The third-order valence-electron chi connectivity index (χ3n) is 3.79.